The number of imidazole rings is 1. The minimum Gasteiger partial charge on any atom is -0.501 e. The van der Waals surface area contributed by atoms with Gasteiger partial charge in [0.05, 0.1) is 30.5 Å². The van der Waals surface area contributed by atoms with Crippen LogP contribution in [0.5, 0.6) is 0 Å². The molecule has 4 nitrogen and oxygen atoms in total. The quantitative estimate of drug-likeness (QED) is 0.112. The van der Waals surface area contributed by atoms with Crippen molar-refractivity contribution < 1.29 is 24.5 Å². The molecule has 0 bridgehead atoms. The molecule has 1 saturated carbocycles. The van der Waals surface area contributed by atoms with E-state index in [0.717, 1.165) is 61.5 Å². The predicted molar refractivity (Wildman–Crippen MR) is 282 cm³/mol. The first-order chi connectivity index (χ1) is 31.7. The fourth-order valence-electron chi connectivity index (χ4n) is 9.96. The van der Waals surface area contributed by atoms with Crippen molar-refractivity contribution in [3.8, 4) is 39.5 Å². The number of nitrogens with zero attached hydrogens (tertiary/aromatic N) is 3. The molecular formula is C61H65IrN3OSi-2. The van der Waals surface area contributed by atoms with Crippen molar-refractivity contribution in [3.05, 3.63) is 168 Å². The van der Waals surface area contributed by atoms with E-state index in [1.807, 2.05) is 18.2 Å². The fraction of sp³-hybridized carbons (Fsp3) is 0.311. The zero-order valence-corrected chi connectivity index (χ0v) is 44.4. The van der Waals surface area contributed by atoms with Crippen molar-refractivity contribution in [3.63, 3.8) is 0 Å². The maximum atomic E-state index is 6.71. The summed E-state index contributed by atoms with van der Waals surface area (Å²) in [5.74, 6) is 2.17. The molecule has 10 rings (SSSR count). The van der Waals surface area contributed by atoms with Gasteiger partial charge in [0.2, 0.25) is 0 Å². The van der Waals surface area contributed by atoms with Crippen LogP contribution in [0, 0.1) is 12.1 Å². The summed E-state index contributed by atoms with van der Waals surface area (Å²) in [7, 11) is -1.36. The number of furan rings is 1. The van der Waals surface area contributed by atoms with Crippen LogP contribution in [0.1, 0.15) is 121 Å². The van der Waals surface area contributed by atoms with Crippen LogP contribution in [-0.4, -0.2) is 22.6 Å². The summed E-state index contributed by atoms with van der Waals surface area (Å²) in [6, 6.07) is 52.1. The third kappa shape index (κ3) is 9.82. The van der Waals surface area contributed by atoms with Crippen LogP contribution < -0.4 is 5.19 Å². The Morgan fingerprint density at radius 1 is 0.701 bits per heavy atom. The molecule has 1 aliphatic rings. The van der Waals surface area contributed by atoms with Crippen LogP contribution in [0.2, 0.25) is 19.6 Å². The maximum Gasteiger partial charge on any atom is 0.121 e. The molecule has 6 heteroatoms. The van der Waals surface area contributed by atoms with Crippen LogP contribution in [0.25, 0.3) is 72.4 Å². The second-order valence-corrected chi connectivity index (χ2v) is 26.2. The molecule has 0 amide bonds. The topological polar surface area (TPSA) is 43.9 Å². The third-order valence-electron chi connectivity index (χ3n) is 13.6. The summed E-state index contributed by atoms with van der Waals surface area (Å²) in [4.78, 5) is 10.1. The number of fused-ring (bicyclic) bond motifs is 4. The van der Waals surface area contributed by atoms with Crippen molar-refractivity contribution >= 4 is 46.2 Å². The van der Waals surface area contributed by atoms with E-state index >= 15 is 0 Å². The summed E-state index contributed by atoms with van der Waals surface area (Å²) < 4.78 is 9.08. The Kier molecular flexibility index (Phi) is 14.1. The number of hydrogen-bond acceptors (Lipinski definition) is 3. The van der Waals surface area contributed by atoms with Crippen LogP contribution in [0.3, 0.4) is 0 Å². The van der Waals surface area contributed by atoms with E-state index in [4.69, 9.17) is 14.4 Å². The minimum absolute atomic E-state index is 0. The van der Waals surface area contributed by atoms with Gasteiger partial charge in [-0.1, -0.05) is 165 Å². The number of para-hydroxylation sites is 2. The van der Waals surface area contributed by atoms with Crippen molar-refractivity contribution in [2.24, 2.45) is 0 Å². The SMILES string of the molecule is CC(C)c1cc(-c2ccccc2)cc(C(C)C)c1-n1c(-c2[c-]ccc3c2oc2cc(C(C)(C)C)ccc23)nc2ccccc21.C[Si](C)(C)c1cnc(-c2[c-]cccc2)cc1C1CCCCC1.[Ir]. The minimum atomic E-state index is -1.36. The summed E-state index contributed by atoms with van der Waals surface area (Å²) >= 11 is 0. The molecule has 1 radical (unpaired) electrons. The van der Waals surface area contributed by atoms with Crippen molar-refractivity contribution in [2.45, 2.75) is 123 Å². The monoisotopic (exact) mass is 1080 g/mol. The van der Waals surface area contributed by atoms with Gasteiger partial charge in [0, 0.05) is 37.4 Å². The second kappa shape index (κ2) is 19.7. The van der Waals surface area contributed by atoms with Crippen molar-refractivity contribution in [1.82, 2.24) is 14.5 Å². The summed E-state index contributed by atoms with van der Waals surface area (Å²) in [5, 5.41) is 3.75. The molecule has 0 saturated heterocycles. The molecule has 0 aliphatic heterocycles. The van der Waals surface area contributed by atoms with Gasteiger partial charge in [-0.25, -0.2) is 0 Å². The van der Waals surface area contributed by atoms with E-state index in [9.17, 15) is 0 Å². The molecule has 3 aromatic heterocycles. The van der Waals surface area contributed by atoms with Crippen molar-refractivity contribution in [1.29, 1.82) is 0 Å². The number of pyridine rings is 1. The predicted octanol–water partition coefficient (Wildman–Crippen LogP) is 16.7. The van der Waals surface area contributed by atoms with E-state index in [2.05, 4.69) is 200 Å². The molecule has 9 aromatic rings. The Bertz CT molecular complexity index is 3110. The van der Waals surface area contributed by atoms with Crippen LogP contribution in [-0.2, 0) is 25.5 Å². The van der Waals surface area contributed by atoms with E-state index in [0.29, 0.717) is 11.8 Å². The Morgan fingerprint density at radius 2 is 1.39 bits per heavy atom. The summed E-state index contributed by atoms with van der Waals surface area (Å²) in [5.41, 5.74) is 16.0. The van der Waals surface area contributed by atoms with Gasteiger partial charge in [-0.15, -0.1) is 54.1 Å². The molecule has 3 heterocycles. The molecular weight excluding hydrogens is 1010 g/mol. The van der Waals surface area contributed by atoms with Gasteiger partial charge in [-0.3, -0.25) is 4.98 Å². The Morgan fingerprint density at radius 3 is 2.04 bits per heavy atom. The van der Waals surface area contributed by atoms with Gasteiger partial charge < -0.3 is 14.0 Å². The zero-order chi connectivity index (χ0) is 46.3. The van der Waals surface area contributed by atoms with Gasteiger partial charge in [-0.2, -0.15) is 0 Å². The molecule has 0 atom stereocenters. The standard InChI is InChI=1S/C41H39N2O.C20H26NSi.Ir/c1-25(2)33-22-28(27-14-9-8-10-15-27)23-34(26(3)4)38(33)43-36-19-12-11-18-35(36)42-40(43)32-17-13-16-31-30-21-20-29(41(5,6)7)24-37(30)44-39(31)32;1-22(2,3)20-15-21-19(17-12-8-5-9-13-17)14-18(20)16-10-6-4-7-11-16;/h8-16,18-26H,1-7H3;5,8-9,12,14-16H,4,6-7,10-11H2,1-3H3;/q2*-1;. The first-order valence-corrected chi connectivity index (χ1v) is 27.7. The normalized spacial score (nSPS) is 13.6. The number of benzene rings is 6. The average molecular weight is 1080 g/mol. The van der Waals surface area contributed by atoms with Gasteiger partial charge >= 0.3 is 0 Å². The first kappa shape index (κ1) is 48.1. The van der Waals surface area contributed by atoms with Crippen LogP contribution in [0.4, 0.5) is 0 Å². The van der Waals surface area contributed by atoms with Gasteiger partial charge in [0.15, 0.2) is 0 Å². The average Bonchev–Trinajstić information content (AvgIpc) is 3.90. The van der Waals surface area contributed by atoms with E-state index in [1.165, 1.54) is 65.6 Å². The molecule has 1 aliphatic carbocycles. The molecule has 1 fully saturated rings. The van der Waals surface area contributed by atoms with Gasteiger partial charge in [0.25, 0.3) is 0 Å². The number of hydrogen-bond donors (Lipinski definition) is 0. The Labute approximate surface area is 413 Å². The van der Waals surface area contributed by atoms with Crippen molar-refractivity contribution in [2.75, 3.05) is 0 Å². The summed E-state index contributed by atoms with van der Waals surface area (Å²) in [6.07, 6.45) is 9.03. The third-order valence-corrected chi connectivity index (χ3v) is 15.6. The first-order valence-electron chi connectivity index (χ1n) is 24.2. The Hall–Kier alpha value is -5.39. The van der Waals surface area contributed by atoms with E-state index < -0.39 is 8.07 Å². The number of rotatable bonds is 8. The largest absolute Gasteiger partial charge is 0.501 e. The maximum absolute atomic E-state index is 6.71. The summed E-state index contributed by atoms with van der Waals surface area (Å²) in [6.45, 7) is 23.2. The van der Waals surface area contributed by atoms with E-state index in [-0.39, 0.29) is 25.5 Å². The second-order valence-electron chi connectivity index (χ2n) is 21.1. The van der Waals surface area contributed by atoms with Gasteiger partial charge in [0.1, 0.15) is 5.58 Å². The molecule has 0 N–H and O–H groups in total. The van der Waals surface area contributed by atoms with Crippen LogP contribution >= 0.6 is 0 Å². The molecule has 0 unspecified atom stereocenters. The van der Waals surface area contributed by atoms with E-state index in [1.54, 1.807) is 10.8 Å². The Balaban J connectivity index is 0.000000223. The van der Waals surface area contributed by atoms with Crippen LogP contribution in [0.15, 0.2) is 138 Å². The molecule has 345 valence electrons. The molecule has 0 spiro atoms. The smallest absolute Gasteiger partial charge is 0.121 e. The molecule has 67 heavy (non-hydrogen) atoms. The zero-order valence-electron chi connectivity index (χ0n) is 41.1. The van der Waals surface area contributed by atoms with Gasteiger partial charge in [-0.05, 0) is 105 Å². The number of aromatic nitrogens is 3. The fourth-order valence-corrected chi connectivity index (χ4v) is 11.6. The molecule has 6 aromatic carbocycles.